The second-order valence-electron chi connectivity index (χ2n) is 7.13. The van der Waals surface area contributed by atoms with Crippen LogP contribution in [0.25, 0.3) is 0 Å². The lowest BCUT2D eigenvalue weighted by Crippen LogP contribution is -2.56. The summed E-state index contributed by atoms with van der Waals surface area (Å²) >= 11 is 0. The molecule has 2 amide bonds. The van der Waals surface area contributed by atoms with Crippen LogP contribution in [-0.2, 0) is 11.3 Å². The number of rotatable bonds is 6. The Hall–Kier alpha value is -2.67. The molecule has 7 heteroatoms. The van der Waals surface area contributed by atoms with E-state index in [4.69, 9.17) is 4.42 Å². The lowest BCUT2D eigenvalue weighted by Gasteiger charge is -2.37. The van der Waals surface area contributed by atoms with Gasteiger partial charge >= 0.3 is 0 Å². The zero-order valence-electron chi connectivity index (χ0n) is 15.8. The first kappa shape index (κ1) is 19.1. The van der Waals surface area contributed by atoms with Crippen LogP contribution in [-0.4, -0.2) is 58.8 Å². The van der Waals surface area contributed by atoms with Crippen LogP contribution in [0.2, 0.25) is 0 Å². The van der Waals surface area contributed by atoms with Crippen molar-refractivity contribution in [3.05, 3.63) is 54.2 Å². The molecule has 3 rings (SSSR count). The normalized spacial score (nSPS) is 16.3. The molecule has 0 saturated carbocycles. The number of aromatic nitrogens is 1. The number of hydrogen-bond donors (Lipinski definition) is 1. The molecule has 1 aliphatic rings. The molecule has 2 aromatic rings. The molecule has 1 fully saturated rings. The van der Waals surface area contributed by atoms with Gasteiger partial charge in [0, 0.05) is 45.1 Å². The fourth-order valence-corrected chi connectivity index (χ4v) is 3.20. The summed E-state index contributed by atoms with van der Waals surface area (Å²) in [5.74, 6) is -0.182. The lowest BCUT2D eigenvalue weighted by molar-refractivity contribution is -0.136. The standard InChI is InChI=1S/C20H26N4O3/c1-15(2)18(22-19(25)17-4-3-13-27-17)20(26)24-11-9-23(10-12-24)14-16-5-7-21-8-6-16/h3-8,13,15,18H,9-12,14H2,1-2H3,(H,22,25). The first-order valence-corrected chi connectivity index (χ1v) is 9.29. The molecule has 0 radical (unpaired) electrons. The van der Waals surface area contributed by atoms with Crippen molar-refractivity contribution in [1.29, 1.82) is 0 Å². The Balaban J connectivity index is 1.55. The number of amides is 2. The maximum atomic E-state index is 13.0. The molecule has 0 spiro atoms. The van der Waals surface area contributed by atoms with E-state index in [0.717, 1.165) is 19.6 Å². The van der Waals surface area contributed by atoms with Gasteiger partial charge in [-0.1, -0.05) is 13.8 Å². The van der Waals surface area contributed by atoms with Crippen LogP contribution in [0.1, 0.15) is 30.0 Å². The van der Waals surface area contributed by atoms with Crippen LogP contribution in [0, 0.1) is 5.92 Å². The molecule has 7 nitrogen and oxygen atoms in total. The third-order valence-corrected chi connectivity index (χ3v) is 4.80. The van der Waals surface area contributed by atoms with Crippen LogP contribution < -0.4 is 5.32 Å². The van der Waals surface area contributed by atoms with Gasteiger partial charge in [-0.05, 0) is 35.7 Å². The van der Waals surface area contributed by atoms with Gasteiger partial charge in [0.05, 0.1) is 6.26 Å². The van der Waals surface area contributed by atoms with Gasteiger partial charge in [0.25, 0.3) is 5.91 Å². The Morgan fingerprint density at radius 3 is 2.44 bits per heavy atom. The number of nitrogens with one attached hydrogen (secondary N) is 1. The quantitative estimate of drug-likeness (QED) is 0.838. The largest absolute Gasteiger partial charge is 0.459 e. The zero-order valence-corrected chi connectivity index (χ0v) is 15.8. The van der Waals surface area contributed by atoms with Crippen molar-refractivity contribution in [1.82, 2.24) is 20.1 Å². The SMILES string of the molecule is CC(C)C(NC(=O)c1ccco1)C(=O)N1CCN(Cc2ccncc2)CC1. The van der Waals surface area contributed by atoms with Crippen molar-refractivity contribution in [2.75, 3.05) is 26.2 Å². The summed E-state index contributed by atoms with van der Waals surface area (Å²) < 4.78 is 5.12. The summed E-state index contributed by atoms with van der Waals surface area (Å²) in [5, 5.41) is 2.82. The highest BCUT2D eigenvalue weighted by Crippen LogP contribution is 2.13. The van der Waals surface area contributed by atoms with Gasteiger partial charge in [0.15, 0.2) is 5.76 Å². The van der Waals surface area contributed by atoms with Crippen molar-refractivity contribution < 1.29 is 14.0 Å². The van der Waals surface area contributed by atoms with Gasteiger partial charge < -0.3 is 14.6 Å². The monoisotopic (exact) mass is 370 g/mol. The van der Waals surface area contributed by atoms with E-state index in [1.807, 2.05) is 30.9 Å². The average Bonchev–Trinajstić information content (AvgIpc) is 3.21. The molecule has 1 aliphatic heterocycles. The highest BCUT2D eigenvalue weighted by Gasteiger charge is 2.31. The van der Waals surface area contributed by atoms with Crippen molar-refractivity contribution in [2.24, 2.45) is 5.92 Å². The summed E-state index contributed by atoms with van der Waals surface area (Å²) in [7, 11) is 0. The van der Waals surface area contributed by atoms with Gasteiger partial charge in [-0.15, -0.1) is 0 Å². The van der Waals surface area contributed by atoms with Crippen molar-refractivity contribution in [2.45, 2.75) is 26.4 Å². The Labute approximate surface area is 159 Å². The Kier molecular flexibility index (Phi) is 6.24. The molecule has 1 N–H and O–H groups in total. The molecule has 1 unspecified atom stereocenters. The molecule has 0 bridgehead atoms. The highest BCUT2D eigenvalue weighted by molar-refractivity contribution is 5.95. The zero-order chi connectivity index (χ0) is 19.2. The Morgan fingerprint density at radius 2 is 1.85 bits per heavy atom. The minimum absolute atomic E-state index is 0.00809. The number of nitrogens with zero attached hydrogens (tertiary/aromatic N) is 3. The van der Waals surface area contributed by atoms with Gasteiger partial charge in [-0.2, -0.15) is 0 Å². The number of pyridine rings is 1. The first-order chi connectivity index (χ1) is 13.0. The number of hydrogen-bond acceptors (Lipinski definition) is 5. The molecule has 0 aliphatic carbocycles. The summed E-state index contributed by atoms with van der Waals surface area (Å²) in [5.41, 5.74) is 1.22. The van der Waals surface area contributed by atoms with E-state index in [1.165, 1.54) is 11.8 Å². The topological polar surface area (TPSA) is 78.7 Å². The predicted molar refractivity (Wildman–Crippen MR) is 101 cm³/mol. The van der Waals surface area contributed by atoms with Crippen LogP contribution in [0.3, 0.4) is 0 Å². The third kappa shape index (κ3) is 4.95. The molecule has 3 heterocycles. The molecule has 2 aromatic heterocycles. The summed E-state index contributed by atoms with van der Waals surface area (Å²) in [6, 6.07) is 6.71. The Morgan fingerprint density at radius 1 is 1.15 bits per heavy atom. The van der Waals surface area contributed by atoms with Crippen molar-refractivity contribution in [3.63, 3.8) is 0 Å². The minimum atomic E-state index is -0.561. The van der Waals surface area contributed by atoms with Gasteiger partial charge in [-0.3, -0.25) is 19.5 Å². The van der Waals surface area contributed by atoms with Gasteiger partial charge in [0.1, 0.15) is 6.04 Å². The summed E-state index contributed by atoms with van der Waals surface area (Å²) in [4.78, 5) is 33.4. The van der Waals surface area contributed by atoms with Crippen LogP contribution in [0.5, 0.6) is 0 Å². The van der Waals surface area contributed by atoms with Gasteiger partial charge in [-0.25, -0.2) is 0 Å². The number of carbonyl (C=O) groups excluding carboxylic acids is 2. The Bertz CT molecular complexity index is 738. The number of piperazine rings is 1. The van der Waals surface area contributed by atoms with E-state index in [9.17, 15) is 9.59 Å². The van der Waals surface area contributed by atoms with E-state index in [0.29, 0.717) is 13.1 Å². The van der Waals surface area contributed by atoms with Crippen LogP contribution in [0.4, 0.5) is 0 Å². The third-order valence-electron chi connectivity index (χ3n) is 4.80. The van der Waals surface area contributed by atoms with E-state index in [2.05, 4.69) is 15.2 Å². The molecule has 1 saturated heterocycles. The maximum absolute atomic E-state index is 13.0. The second-order valence-corrected chi connectivity index (χ2v) is 7.13. The molecular formula is C20H26N4O3. The number of furan rings is 1. The molecule has 27 heavy (non-hydrogen) atoms. The predicted octanol–water partition coefficient (Wildman–Crippen LogP) is 1.77. The smallest absolute Gasteiger partial charge is 0.287 e. The van der Waals surface area contributed by atoms with Gasteiger partial charge in [0.2, 0.25) is 5.91 Å². The lowest BCUT2D eigenvalue weighted by atomic mass is 10.0. The minimum Gasteiger partial charge on any atom is -0.459 e. The summed E-state index contributed by atoms with van der Waals surface area (Å²) in [6.07, 6.45) is 5.04. The molecule has 1 atom stereocenters. The first-order valence-electron chi connectivity index (χ1n) is 9.29. The fourth-order valence-electron chi connectivity index (χ4n) is 3.20. The van der Waals surface area contributed by atoms with Crippen LogP contribution in [0.15, 0.2) is 47.3 Å². The fraction of sp³-hybridized carbons (Fsp3) is 0.450. The van der Waals surface area contributed by atoms with Crippen molar-refractivity contribution >= 4 is 11.8 Å². The average molecular weight is 370 g/mol. The second kappa shape index (κ2) is 8.81. The van der Waals surface area contributed by atoms with E-state index in [-0.39, 0.29) is 23.5 Å². The van der Waals surface area contributed by atoms with E-state index >= 15 is 0 Å². The molecular weight excluding hydrogens is 344 g/mol. The van der Waals surface area contributed by atoms with E-state index in [1.54, 1.807) is 24.5 Å². The summed E-state index contributed by atoms with van der Waals surface area (Å²) in [6.45, 7) is 7.66. The molecule has 144 valence electrons. The van der Waals surface area contributed by atoms with Crippen molar-refractivity contribution in [3.8, 4) is 0 Å². The number of carbonyl (C=O) groups is 2. The van der Waals surface area contributed by atoms with E-state index < -0.39 is 6.04 Å². The molecule has 0 aromatic carbocycles. The van der Waals surface area contributed by atoms with Crippen LogP contribution >= 0.6 is 0 Å². The highest BCUT2D eigenvalue weighted by atomic mass is 16.3. The maximum Gasteiger partial charge on any atom is 0.287 e.